The van der Waals surface area contributed by atoms with Gasteiger partial charge in [-0.05, 0) is 48.7 Å². The first-order chi connectivity index (χ1) is 14.4. The topological polar surface area (TPSA) is 66.5 Å². The van der Waals surface area contributed by atoms with Gasteiger partial charge in [0.2, 0.25) is 0 Å². The van der Waals surface area contributed by atoms with Crippen molar-refractivity contribution in [2.24, 2.45) is 0 Å². The van der Waals surface area contributed by atoms with Gasteiger partial charge in [-0.25, -0.2) is 12.8 Å². The normalized spacial score (nSPS) is 13.6. The van der Waals surface area contributed by atoms with Gasteiger partial charge in [-0.15, -0.1) is 0 Å². The maximum atomic E-state index is 13.9. The Bertz CT molecular complexity index is 1160. The van der Waals surface area contributed by atoms with Crippen LogP contribution in [0.1, 0.15) is 28.8 Å². The zero-order valence-corrected chi connectivity index (χ0v) is 17.0. The van der Waals surface area contributed by atoms with Crippen LogP contribution in [0.15, 0.2) is 83.8 Å². The molecule has 30 heavy (non-hydrogen) atoms. The number of rotatable bonds is 7. The molecule has 1 N–H and O–H groups in total. The highest BCUT2D eigenvalue weighted by Gasteiger charge is 2.33. The van der Waals surface area contributed by atoms with Crippen LogP contribution in [-0.4, -0.2) is 25.3 Å². The van der Waals surface area contributed by atoms with E-state index < -0.39 is 15.8 Å². The fourth-order valence-electron chi connectivity index (χ4n) is 3.24. The molecule has 0 aliphatic heterocycles. The number of anilines is 1. The van der Waals surface area contributed by atoms with Gasteiger partial charge in [0, 0.05) is 18.2 Å². The van der Waals surface area contributed by atoms with E-state index in [2.05, 4.69) is 4.72 Å². The summed E-state index contributed by atoms with van der Waals surface area (Å²) in [6.45, 7) is 0.467. The second-order valence-corrected chi connectivity index (χ2v) is 8.95. The van der Waals surface area contributed by atoms with E-state index in [4.69, 9.17) is 0 Å². The van der Waals surface area contributed by atoms with Gasteiger partial charge in [0.25, 0.3) is 15.9 Å². The molecule has 0 unspecified atom stereocenters. The molecule has 1 aliphatic rings. The van der Waals surface area contributed by atoms with Gasteiger partial charge >= 0.3 is 0 Å². The Labute approximate surface area is 175 Å². The Morgan fingerprint density at radius 3 is 2.37 bits per heavy atom. The third-order valence-electron chi connectivity index (χ3n) is 4.95. The van der Waals surface area contributed by atoms with E-state index in [-0.39, 0.29) is 28.1 Å². The van der Waals surface area contributed by atoms with E-state index in [1.807, 2.05) is 30.3 Å². The van der Waals surface area contributed by atoms with Crippen molar-refractivity contribution < 1.29 is 17.6 Å². The second-order valence-electron chi connectivity index (χ2n) is 7.26. The summed E-state index contributed by atoms with van der Waals surface area (Å²) >= 11 is 0. The number of amides is 1. The fraction of sp³-hybridized carbons (Fsp3) is 0.174. The molecule has 1 saturated carbocycles. The van der Waals surface area contributed by atoms with Crippen LogP contribution in [0.2, 0.25) is 0 Å². The zero-order chi connectivity index (χ0) is 21.1. The van der Waals surface area contributed by atoms with Crippen molar-refractivity contribution >= 4 is 21.6 Å². The van der Waals surface area contributed by atoms with Gasteiger partial charge in [0.05, 0.1) is 10.6 Å². The van der Waals surface area contributed by atoms with Crippen LogP contribution in [0.3, 0.4) is 0 Å². The minimum absolute atomic E-state index is 0.0907. The minimum atomic E-state index is -4.04. The van der Waals surface area contributed by atoms with Crippen LogP contribution < -0.4 is 4.72 Å². The maximum Gasteiger partial charge on any atom is 0.262 e. The number of hydrogen-bond acceptors (Lipinski definition) is 3. The van der Waals surface area contributed by atoms with Crippen molar-refractivity contribution in [1.82, 2.24) is 4.90 Å². The van der Waals surface area contributed by atoms with E-state index in [0.29, 0.717) is 6.54 Å². The maximum absolute atomic E-state index is 13.9. The number of benzene rings is 3. The molecule has 0 heterocycles. The smallest absolute Gasteiger partial charge is 0.262 e. The lowest BCUT2D eigenvalue weighted by Gasteiger charge is -2.23. The monoisotopic (exact) mass is 424 g/mol. The highest BCUT2D eigenvalue weighted by molar-refractivity contribution is 7.92. The van der Waals surface area contributed by atoms with Gasteiger partial charge < -0.3 is 4.90 Å². The molecular formula is C23H21FN2O3S. The Balaban J connectivity index is 1.59. The number of halogens is 1. The highest BCUT2D eigenvalue weighted by Crippen LogP contribution is 2.30. The van der Waals surface area contributed by atoms with Crippen molar-refractivity contribution in [3.05, 3.63) is 95.8 Å². The molecule has 3 aromatic rings. The second kappa shape index (κ2) is 8.28. The van der Waals surface area contributed by atoms with Crippen molar-refractivity contribution in [3.8, 4) is 0 Å². The fourth-order valence-corrected chi connectivity index (χ4v) is 4.36. The van der Waals surface area contributed by atoms with E-state index >= 15 is 0 Å². The molecule has 0 spiro atoms. The molecule has 1 amide bonds. The van der Waals surface area contributed by atoms with Gasteiger partial charge in [0.15, 0.2) is 0 Å². The number of nitrogens with one attached hydrogen (secondary N) is 1. The number of hydrogen-bond donors (Lipinski definition) is 1. The van der Waals surface area contributed by atoms with Crippen molar-refractivity contribution in [3.63, 3.8) is 0 Å². The van der Waals surface area contributed by atoms with Crippen LogP contribution in [0.5, 0.6) is 0 Å². The predicted molar refractivity (Wildman–Crippen MR) is 113 cm³/mol. The zero-order valence-electron chi connectivity index (χ0n) is 16.2. The Kier molecular flexibility index (Phi) is 5.55. The third-order valence-corrected chi connectivity index (χ3v) is 6.32. The molecular weight excluding hydrogens is 403 g/mol. The molecule has 0 bridgehead atoms. The molecule has 7 heteroatoms. The molecule has 0 aromatic heterocycles. The summed E-state index contributed by atoms with van der Waals surface area (Å²) in [5.41, 5.74) is 1.16. The predicted octanol–water partition coefficient (Wildman–Crippen LogP) is 4.43. The molecule has 3 aromatic carbocycles. The van der Waals surface area contributed by atoms with Crippen LogP contribution in [0, 0.1) is 5.82 Å². The largest absolute Gasteiger partial charge is 0.331 e. The Morgan fingerprint density at radius 1 is 0.967 bits per heavy atom. The summed E-state index contributed by atoms with van der Waals surface area (Å²) < 4.78 is 41.6. The SMILES string of the molecule is O=C(c1cccc(S(=O)(=O)Nc2ccccc2F)c1)N(Cc1ccccc1)C1CC1. The molecule has 154 valence electrons. The molecule has 1 fully saturated rings. The highest BCUT2D eigenvalue weighted by atomic mass is 32.2. The standard InChI is InChI=1S/C23H21FN2O3S/c24-21-11-4-5-12-22(21)25-30(28,29)20-10-6-9-18(15-20)23(27)26(19-13-14-19)16-17-7-2-1-3-8-17/h1-12,15,19,25H,13-14,16H2. The van der Waals surface area contributed by atoms with Crippen molar-refractivity contribution in [2.45, 2.75) is 30.3 Å². The molecule has 0 atom stereocenters. The number of carbonyl (C=O) groups is 1. The first-order valence-corrected chi connectivity index (χ1v) is 11.1. The van der Waals surface area contributed by atoms with Gasteiger partial charge in [-0.1, -0.05) is 48.5 Å². The van der Waals surface area contributed by atoms with Crippen molar-refractivity contribution in [2.75, 3.05) is 4.72 Å². The summed E-state index contributed by atoms with van der Waals surface area (Å²) in [7, 11) is -4.04. The summed E-state index contributed by atoms with van der Waals surface area (Å²) in [6, 6.07) is 21.2. The first kappa shape index (κ1) is 20.1. The quantitative estimate of drug-likeness (QED) is 0.610. The van der Waals surface area contributed by atoms with Gasteiger partial charge in [-0.2, -0.15) is 0 Å². The number of carbonyl (C=O) groups excluding carboxylic acids is 1. The Morgan fingerprint density at radius 2 is 1.67 bits per heavy atom. The van der Waals surface area contributed by atoms with E-state index in [1.54, 1.807) is 11.0 Å². The Hall–Kier alpha value is -3.19. The van der Waals surface area contributed by atoms with Gasteiger partial charge in [0.1, 0.15) is 5.82 Å². The molecule has 1 aliphatic carbocycles. The average molecular weight is 424 g/mol. The lowest BCUT2D eigenvalue weighted by atomic mass is 10.1. The first-order valence-electron chi connectivity index (χ1n) is 9.66. The molecule has 0 saturated heterocycles. The molecule has 4 rings (SSSR count). The minimum Gasteiger partial charge on any atom is -0.331 e. The number of sulfonamides is 1. The molecule has 0 radical (unpaired) electrons. The lowest BCUT2D eigenvalue weighted by Crippen LogP contribution is -2.32. The summed E-state index contributed by atoms with van der Waals surface area (Å²) in [6.07, 6.45) is 1.87. The van der Waals surface area contributed by atoms with Crippen LogP contribution in [0.4, 0.5) is 10.1 Å². The van der Waals surface area contributed by atoms with E-state index in [9.17, 15) is 17.6 Å². The average Bonchev–Trinajstić information content (AvgIpc) is 3.59. The van der Waals surface area contributed by atoms with E-state index in [1.165, 1.54) is 42.5 Å². The van der Waals surface area contributed by atoms with Crippen molar-refractivity contribution in [1.29, 1.82) is 0 Å². The van der Waals surface area contributed by atoms with Crippen LogP contribution in [0.25, 0.3) is 0 Å². The summed E-state index contributed by atoms with van der Waals surface area (Å²) in [4.78, 5) is 14.9. The lowest BCUT2D eigenvalue weighted by molar-refractivity contribution is 0.0729. The number of nitrogens with zero attached hydrogens (tertiary/aromatic N) is 1. The van der Waals surface area contributed by atoms with Crippen LogP contribution >= 0.6 is 0 Å². The number of para-hydroxylation sites is 1. The van der Waals surface area contributed by atoms with Gasteiger partial charge in [-0.3, -0.25) is 9.52 Å². The van der Waals surface area contributed by atoms with Crippen LogP contribution in [-0.2, 0) is 16.6 Å². The third kappa shape index (κ3) is 4.52. The van der Waals surface area contributed by atoms with E-state index in [0.717, 1.165) is 18.4 Å². The summed E-state index contributed by atoms with van der Waals surface area (Å²) in [5.74, 6) is -0.889. The molecule has 5 nitrogen and oxygen atoms in total. The summed E-state index contributed by atoms with van der Waals surface area (Å²) in [5, 5.41) is 0.